The van der Waals surface area contributed by atoms with Crippen LogP contribution in [0, 0.1) is 57.2 Å². The summed E-state index contributed by atoms with van der Waals surface area (Å²) < 4.78 is 0. The molecule has 1 N–H and O–H groups in total. The Balaban J connectivity index is 1.32. The van der Waals surface area contributed by atoms with Gasteiger partial charge in [0.25, 0.3) is 0 Å². The molecule has 0 aromatic heterocycles. The quantitative estimate of drug-likeness (QED) is 0.411. The SMILES string of the molecule is C=C(C)C(C)CCCC(C)C1CCC2(C)[C@@H]3CCC4C(C)[C@@H](O)CC[C@@]45C[C@@]35CC[C@]12C. The zero-order valence-corrected chi connectivity index (χ0v) is 22.2. The van der Waals surface area contributed by atoms with Crippen molar-refractivity contribution in [2.45, 2.75) is 125 Å². The molecule has 6 unspecified atom stereocenters. The molecule has 5 fully saturated rings. The van der Waals surface area contributed by atoms with Gasteiger partial charge in [0.05, 0.1) is 6.10 Å². The Bertz CT molecular complexity index is 756. The normalized spacial score (nSPS) is 53.4. The van der Waals surface area contributed by atoms with Gasteiger partial charge < -0.3 is 5.11 Å². The maximum absolute atomic E-state index is 10.6. The summed E-state index contributed by atoms with van der Waals surface area (Å²) in [5, 5.41) is 10.6. The third-order valence-electron chi connectivity index (χ3n) is 13.6. The van der Waals surface area contributed by atoms with E-state index in [0.29, 0.717) is 33.5 Å². The Morgan fingerprint density at radius 2 is 1.69 bits per heavy atom. The van der Waals surface area contributed by atoms with Gasteiger partial charge in [-0.3, -0.25) is 0 Å². The molecule has 0 bridgehead atoms. The Hall–Kier alpha value is -0.300. The van der Waals surface area contributed by atoms with E-state index in [9.17, 15) is 5.11 Å². The largest absolute Gasteiger partial charge is 0.393 e. The third-order valence-corrected chi connectivity index (χ3v) is 13.6. The Morgan fingerprint density at radius 1 is 0.938 bits per heavy atom. The lowest BCUT2D eigenvalue weighted by Gasteiger charge is -2.62. The van der Waals surface area contributed by atoms with Crippen LogP contribution in [0.2, 0.25) is 0 Å². The molecule has 0 saturated heterocycles. The van der Waals surface area contributed by atoms with E-state index in [-0.39, 0.29) is 6.10 Å². The lowest BCUT2D eigenvalue weighted by atomic mass is 9.43. The monoisotopic (exact) mass is 440 g/mol. The van der Waals surface area contributed by atoms with E-state index in [2.05, 4.69) is 48.1 Å². The summed E-state index contributed by atoms with van der Waals surface area (Å²) >= 11 is 0. The predicted molar refractivity (Wildman–Crippen MR) is 135 cm³/mol. The van der Waals surface area contributed by atoms with Crippen LogP contribution in [0.3, 0.4) is 0 Å². The van der Waals surface area contributed by atoms with Gasteiger partial charge in [-0.25, -0.2) is 0 Å². The van der Waals surface area contributed by atoms with Gasteiger partial charge in [-0.2, -0.15) is 0 Å². The van der Waals surface area contributed by atoms with Gasteiger partial charge in [-0.1, -0.05) is 59.6 Å². The lowest BCUT2D eigenvalue weighted by molar-refractivity contribution is -0.142. The number of hydrogen-bond donors (Lipinski definition) is 1. The maximum Gasteiger partial charge on any atom is 0.0568 e. The molecule has 5 aliphatic carbocycles. The number of aliphatic hydroxyl groups is 1. The third kappa shape index (κ3) is 2.91. The van der Waals surface area contributed by atoms with Crippen LogP contribution in [0.15, 0.2) is 12.2 Å². The number of allylic oxidation sites excluding steroid dienone is 1. The summed E-state index contributed by atoms with van der Waals surface area (Å²) in [5.74, 6) is 4.75. The fourth-order valence-corrected chi connectivity index (χ4v) is 11.2. The summed E-state index contributed by atoms with van der Waals surface area (Å²) in [4.78, 5) is 0. The summed E-state index contributed by atoms with van der Waals surface area (Å²) in [5.41, 5.74) is 3.70. The fourth-order valence-electron chi connectivity index (χ4n) is 11.2. The summed E-state index contributed by atoms with van der Waals surface area (Å²) in [6, 6.07) is 0. The molecule has 32 heavy (non-hydrogen) atoms. The molecule has 5 rings (SSSR count). The van der Waals surface area contributed by atoms with Gasteiger partial charge in [-0.15, -0.1) is 0 Å². The molecule has 0 aliphatic heterocycles. The fraction of sp³-hybridized carbons (Fsp3) is 0.935. The molecular weight excluding hydrogens is 388 g/mol. The standard InChI is InChI=1S/C31H52O/c1-20(2)21(3)9-8-10-22(4)24-13-15-29(7)27-12-11-25-23(5)26(32)14-16-30(25)19-31(27,30)18-17-28(24,29)6/h21-27,32H,1,8-19H2,2-7H3/t21?,22?,23?,24?,25?,26-,27-,28+,29?,30+,31-/m0/s1. The number of fused-ring (bicyclic) bond motifs is 2. The summed E-state index contributed by atoms with van der Waals surface area (Å²) in [7, 11) is 0. The van der Waals surface area contributed by atoms with Crippen LogP contribution in [0.25, 0.3) is 0 Å². The Morgan fingerprint density at radius 3 is 2.41 bits per heavy atom. The number of rotatable bonds is 6. The zero-order chi connectivity index (χ0) is 23.1. The molecule has 182 valence electrons. The lowest BCUT2D eigenvalue weighted by Crippen LogP contribution is -2.55. The molecule has 0 heterocycles. The minimum atomic E-state index is -0.0337. The van der Waals surface area contributed by atoms with E-state index >= 15 is 0 Å². The van der Waals surface area contributed by atoms with Crippen molar-refractivity contribution in [3.8, 4) is 0 Å². The van der Waals surface area contributed by atoms with Crippen LogP contribution in [0.1, 0.15) is 119 Å². The highest BCUT2D eigenvalue weighted by atomic mass is 16.3. The first-order valence-corrected chi connectivity index (χ1v) is 14.4. The van der Waals surface area contributed by atoms with Gasteiger partial charge in [0.2, 0.25) is 0 Å². The van der Waals surface area contributed by atoms with Gasteiger partial charge in [0.1, 0.15) is 0 Å². The number of hydrogen-bond acceptors (Lipinski definition) is 1. The molecule has 1 nitrogen and oxygen atoms in total. The second-order valence-corrected chi connectivity index (χ2v) is 14.3. The second kappa shape index (κ2) is 7.60. The predicted octanol–water partition coefficient (Wildman–Crippen LogP) is 8.41. The van der Waals surface area contributed by atoms with Crippen molar-refractivity contribution in [3.05, 3.63) is 12.2 Å². The molecule has 5 saturated carbocycles. The average Bonchev–Trinajstić information content (AvgIpc) is 3.33. The van der Waals surface area contributed by atoms with E-state index in [1.807, 2.05) is 0 Å². The smallest absolute Gasteiger partial charge is 0.0568 e. The Kier molecular flexibility index (Phi) is 5.57. The van der Waals surface area contributed by atoms with Crippen molar-refractivity contribution in [3.63, 3.8) is 0 Å². The van der Waals surface area contributed by atoms with E-state index in [1.54, 1.807) is 0 Å². The highest BCUT2D eigenvalue weighted by molar-refractivity contribution is 5.29. The second-order valence-electron chi connectivity index (χ2n) is 14.3. The van der Waals surface area contributed by atoms with Gasteiger partial charge in [0, 0.05) is 0 Å². The minimum Gasteiger partial charge on any atom is -0.393 e. The van der Waals surface area contributed by atoms with Crippen LogP contribution >= 0.6 is 0 Å². The van der Waals surface area contributed by atoms with Gasteiger partial charge in [-0.05, 0) is 128 Å². The first-order valence-electron chi connectivity index (χ1n) is 14.4. The van der Waals surface area contributed by atoms with Crippen LogP contribution in [0.4, 0.5) is 0 Å². The van der Waals surface area contributed by atoms with Crippen LogP contribution in [0.5, 0.6) is 0 Å². The molecular formula is C31H52O. The first kappa shape index (κ1) is 23.4. The maximum atomic E-state index is 10.6. The van der Waals surface area contributed by atoms with E-state index in [4.69, 9.17) is 0 Å². The summed E-state index contributed by atoms with van der Waals surface area (Å²) in [6.45, 7) is 19.2. The molecule has 1 heteroatoms. The molecule has 5 aliphatic rings. The topological polar surface area (TPSA) is 20.2 Å². The van der Waals surface area contributed by atoms with Crippen molar-refractivity contribution >= 4 is 0 Å². The van der Waals surface area contributed by atoms with E-state index in [1.165, 1.54) is 76.2 Å². The van der Waals surface area contributed by atoms with Crippen molar-refractivity contribution < 1.29 is 5.11 Å². The average molecular weight is 441 g/mol. The molecule has 0 amide bonds. The van der Waals surface area contributed by atoms with Crippen LogP contribution < -0.4 is 0 Å². The molecule has 2 spiro atoms. The molecule has 0 aromatic carbocycles. The summed E-state index contributed by atoms with van der Waals surface area (Å²) in [6.07, 6.45) is 16.8. The zero-order valence-electron chi connectivity index (χ0n) is 22.2. The van der Waals surface area contributed by atoms with Crippen molar-refractivity contribution in [1.82, 2.24) is 0 Å². The number of aliphatic hydroxyl groups excluding tert-OH is 1. The molecule has 0 radical (unpaired) electrons. The highest BCUT2D eigenvalue weighted by Crippen LogP contribution is 2.88. The van der Waals surface area contributed by atoms with E-state index < -0.39 is 0 Å². The van der Waals surface area contributed by atoms with Crippen LogP contribution in [-0.2, 0) is 0 Å². The van der Waals surface area contributed by atoms with Crippen molar-refractivity contribution in [2.24, 2.45) is 57.2 Å². The van der Waals surface area contributed by atoms with Gasteiger partial charge >= 0.3 is 0 Å². The first-order chi connectivity index (χ1) is 15.0. The van der Waals surface area contributed by atoms with Gasteiger partial charge in [0.15, 0.2) is 0 Å². The highest BCUT2D eigenvalue weighted by Gasteiger charge is 2.81. The van der Waals surface area contributed by atoms with E-state index in [0.717, 1.165) is 30.1 Å². The molecule has 11 atom stereocenters. The Labute approximate surface area is 199 Å². The van der Waals surface area contributed by atoms with Crippen molar-refractivity contribution in [1.29, 1.82) is 0 Å². The minimum absolute atomic E-state index is 0.0337. The molecule has 0 aromatic rings. The van der Waals surface area contributed by atoms with Crippen molar-refractivity contribution in [2.75, 3.05) is 0 Å². The van der Waals surface area contributed by atoms with Crippen LogP contribution in [-0.4, -0.2) is 11.2 Å².